The highest BCUT2D eigenvalue weighted by molar-refractivity contribution is 7.19. The maximum atomic E-state index is 5.75. The Hall–Kier alpha value is -2.40. The SMILES string of the molecule is c1cnc2sc(Oc3ccc4ccoc4c3)nc2c1. The standard InChI is InChI=1S/C14H8N2O2S/c1-2-11-13(15-6-1)19-14(16-11)18-10-4-3-9-5-7-17-12(9)8-10/h1-8H. The van der Waals surface area contributed by atoms with Gasteiger partial charge in [-0.2, -0.15) is 0 Å². The summed E-state index contributed by atoms with van der Waals surface area (Å²) in [5.41, 5.74) is 1.65. The van der Waals surface area contributed by atoms with Crippen LogP contribution in [-0.4, -0.2) is 9.97 Å². The smallest absolute Gasteiger partial charge is 0.281 e. The van der Waals surface area contributed by atoms with E-state index in [1.54, 1.807) is 12.5 Å². The van der Waals surface area contributed by atoms with E-state index in [0.29, 0.717) is 10.9 Å². The third-order valence-electron chi connectivity index (χ3n) is 2.78. The lowest BCUT2D eigenvalue weighted by Crippen LogP contribution is -1.82. The quantitative estimate of drug-likeness (QED) is 0.546. The Morgan fingerprint density at radius 1 is 1.16 bits per heavy atom. The number of pyridine rings is 1. The van der Waals surface area contributed by atoms with Crippen molar-refractivity contribution in [1.82, 2.24) is 9.97 Å². The first-order valence-electron chi connectivity index (χ1n) is 5.75. The zero-order valence-corrected chi connectivity index (χ0v) is 10.6. The Morgan fingerprint density at radius 3 is 3.11 bits per heavy atom. The second kappa shape index (κ2) is 4.07. The van der Waals surface area contributed by atoms with Crippen molar-refractivity contribution in [2.45, 2.75) is 0 Å². The van der Waals surface area contributed by atoms with Crippen LogP contribution in [0.4, 0.5) is 0 Å². The lowest BCUT2D eigenvalue weighted by molar-refractivity contribution is 0.479. The van der Waals surface area contributed by atoms with E-state index < -0.39 is 0 Å². The molecule has 4 rings (SSSR count). The van der Waals surface area contributed by atoms with E-state index in [4.69, 9.17) is 9.15 Å². The van der Waals surface area contributed by atoms with Crippen LogP contribution in [0.2, 0.25) is 0 Å². The number of nitrogens with zero attached hydrogens (tertiary/aromatic N) is 2. The zero-order valence-electron chi connectivity index (χ0n) is 9.74. The zero-order chi connectivity index (χ0) is 12.7. The third-order valence-corrected chi connectivity index (χ3v) is 3.64. The summed E-state index contributed by atoms with van der Waals surface area (Å²) >= 11 is 1.42. The summed E-state index contributed by atoms with van der Waals surface area (Å²) in [7, 11) is 0. The molecule has 0 unspecified atom stereocenters. The predicted octanol–water partition coefficient (Wildman–Crippen LogP) is 4.23. The van der Waals surface area contributed by atoms with Crippen LogP contribution in [0, 0.1) is 0 Å². The normalized spacial score (nSPS) is 11.2. The highest BCUT2D eigenvalue weighted by Crippen LogP contribution is 2.31. The Labute approximate surface area is 112 Å². The van der Waals surface area contributed by atoms with E-state index in [0.717, 1.165) is 21.3 Å². The first kappa shape index (κ1) is 10.5. The average Bonchev–Trinajstić information content (AvgIpc) is 3.03. The van der Waals surface area contributed by atoms with Crippen molar-refractivity contribution in [1.29, 1.82) is 0 Å². The van der Waals surface area contributed by atoms with Gasteiger partial charge in [-0.3, -0.25) is 0 Å². The van der Waals surface area contributed by atoms with Gasteiger partial charge in [0.2, 0.25) is 0 Å². The lowest BCUT2D eigenvalue weighted by Gasteiger charge is -2.00. The maximum Gasteiger partial charge on any atom is 0.281 e. The number of hydrogen-bond donors (Lipinski definition) is 0. The largest absolute Gasteiger partial charge is 0.464 e. The fraction of sp³-hybridized carbons (Fsp3) is 0. The Balaban J connectivity index is 1.72. The Bertz CT molecular complexity index is 833. The number of benzene rings is 1. The summed E-state index contributed by atoms with van der Waals surface area (Å²) < 4.78 is 11.1. The number of hydrogen-bond acceptors (Lipinski definition) is 5. The van der Waals surface area contributed by atoms with Gasteiger partial charge >= 0.3 is 0 Å². The maximum absolute atomic E-state index is 5.75. The van der Waals surface area contributed by atoms with E-state index in [-0.39, 0.29) is 0 Å². The van der Waals surface area contributed by atoms with Crippen LogP contribution in [0.3, 0.4) is 0 Å². The van der Waals surface area contributed by atoms with Crippen LogP contribution in [0.1, 0.15) is 0 Å². The molecule has 1 aromatic carbocycles. The molecule has 5 heteroatoms. The van der Waals surface area contributed by atoms with Gasteiger partial charge in [0.25, 0.3) is 5.19 Å². The molecule has 0 amide bonds. The summed E-state index contributed by atoms with van der Waals surface area (Å²) in [6.45, 7) is 0. The summed E-state index contributed by atoms with van der Waals surface area (Å²) in [6.07, 6.45) is 3.41. The number of ether oxygens (including phenoxy) is 1. The number of rotatable bonds is 2. The molecule has 0 aliphatic carbocycles. The highest BCUT2D eigenvalue weighted by Gasteiger charge is 2.07. The van der Waals surface area contributed by atoms with Crippen LogP contribution in [-0.2, 0) is 0 Å². The van der Waals surface area contributed by atoms with Gasteiger partial charge in [-0.1, -0.05) is 11.3 Å². The molecule has 0 atom stereocenters. The van der Waals surface area contributed by atoms with Gasteiger partial charge < -0.3 is 9.15 Å². The number of furan rings is 1. The van der Waals surface area contributed by atoms with Gasteiger partial charge in [-0.25, -0.2) is 9.97 Å². The highest BCUT2D eigenvalue weighted by atomic mass is 32.1. The van der Waals surface area contributed by atoms with Crippen molar-refractivity contribution in [2.75, 3.05) is 0 Å². The van der Waals surface area contributed by atoms with Crippen LogP contribution in [0.25, 0.3) is 21.3 Å². The molecule has 19 heavy (non-hydrogen) atoms. The number of fused-ring (bicyclic) bond motifs is 2. The van der Waals surface area contributed by atoms with Crippen molar-refractivity contribution >= 4 is 32.7 Å². The molecule has 0 fully saturated rings. The van der Waals surface area contributed by atoms with Gasteiger partial charge in [0.1, 0.15) is 21.7 Å². The second-order valence-corrected chi connectivity index (χ2v) is 4.97. The van der Waals surface area contributed by atoms with E-state index >= 15 is 0 Å². The lowest BCUT2D eigenvalue weighted by atomic mass is 10.2. The molecule has 92 valence electrons. The molecule has 0 bridgehead atoms. The summed E-state index contributed by atoms with van der Waals surface area (Å²) in [6, 6.07) is 11.4. The Morgan fingerprint density at radius 2 is 2.16 bits per heavy atom. The molecular formula is C14H8N2O2S. The topological polar surface area (TPSA) is 48.2 Å². The molecular weight excluding hydrogens is 260 g/mol. The van der Waals surface area contributed by atoms with Crippen molar-refractivity contribution in [3.05, 3.63) is 48.9 Å². The minimum atomic E-state index is 0.583. The average molecular weight is 268 g/mol. The molecule has 0 saturated carbocycles. The van der Waals surface area contributed by atoms with Gasteiger partial charge in [-0.05, 0) is 30.3 Å². The molecule has 0 spiro atoms. The fourth-order valence-electron chi connectivity index (χ4n) is 1.89. The van der Waals surface area contributed by atoms with Crippen molar-refractivity contribution in [3.63, 3.8) is 0 Å². The first-order chi connectivity index (χ1) is 9.38. The van der Waals surface area contributed by atoms with Crippen LogP contribution in [0.5, 0.6) is 10.9 Å². The summed E-state index contributed by atoms with van der Waals surface area (Å²) in [5.74, 6) is 0.710. The molecule has 3 heterocycles. The van der Waals surface area contributed by atoms with Gasteiger partial charge in [0, 0.05) is 17.6 Å². The molecule has 0 aliphatic rings. The predicted molar refractivity (Wildman–Crippen MR) is 73.7 cm³/mol. The molecule has 0 saturated heterocycles. The molecule has 4 aromatic rings. The van der Waals surface area contributed by atoms with Gasteiger partial charge in [-0.15, -0.1) is 0 Å². The van der Waals surface area contributed by atoms with E-state index in [1.165, 1.54) is 11.3 Å². The monoisotopic (exact) mass is 268 g/mol. The molecule has 4 nitrogen and oxygen atoms in total. The van der Waals surface area contributed by atoms with Gasteiger partial charge in [0.05, 0.1) is 6.26 Å². The van der Waals surface area contributed by atoms with Gasteiger partial charge in [0.15, 0.2) is 0 Å². The fourth-order valence-corrected chi connectivity index (χ4v) is 2.67. The van der Waals surface area contributed by atoms with Crippen LogP contribution < -0.4 is 4.74 Å². The Kier molecular flexibility index (Phi) is 2.25. The number of thiazole rings is 1. The second-order valence-electron chi connectivity index (χ2n) is 4.03. The molecule has 0 N–H and O–H groups in total. The van der Waals surface area contributed by atoms with E-state index in [1.807, 2.05) is 36.4 Å². The summed E-state index contributed by atoms with van der Waals surface area (Å²) in [5, 5.41) is 1.64. The van der Waals surface area contributed by atoms with Crippen LogP contribution in [0.15, 0.2) is 53.3 Å². The first-order valence-corrected chi connectivity index (χ1v) is 6.57. The minimum Gasteiger partial charge on any atom is -0.464 e. The molecule has 0 aliphatic heterocycles. The third kappa shape index (κ3) is 1.84. The number of aromatic nitrogens is 2. The molecule has 3 aromatic heterocycles. The minimum absolute atomic E-state index is 0.583. The van der Waals surface area contributed by atoms with Crippen molar-refractivity contribution in [2.24, 2.45) is 0 Å². The van der Waals surface area contributed by atoms with E-state index in [9.17, 15) is 0 Å². The van der Waals surface area contributed by atoms with E-state index in [2.05, 4.69) is 9.97 Å². The summed E-state index contributed by atoms with van der Waals surface area (Å²) in [4.78, 5) is 9.49. The molecule has 0 radical (unpaired) electrons. The van der Waals surface area contributed by atoms with Crippen molar-refractivity contribution in [3.8, 4) is 10.9 Å². The van der Waals surface area contributed by atoms with Crippen molar-refractivity contribution < 1.29 is 9.15 Å². The van der Waals surface area contributed by atoms with Crippen LogP contribution >= 0.6 is 11.3 Å².